The van der Waals surface area contributed by atoms with Crippen molar-refractivity contribution in [2.24, 2.45) is 0 Å². The quantitative estimate of drug-likeness (QED) is 0.155. The minimum absolute atomic E-state index is 0.945. The smallest absolute Gasteiger partial charge is 0.0716 e. The lowest BCUT2D eigenvalue weighted by atomic mass is 9.93. The third-order valence-electron chi connectivity index (χ3n) is 10.9. The van der Waals surface area contributed by atoms with Crippen LogP contribution in [0.5, 0.6) is 0 Å². The molecular weight excluding hydrogens is 701 g/mol. The summed E-state index contributed by atoms with van der Waals surface area (Å²) < 4.78 is 0. The first-order chi connectivity index (χ1) is 28.7. The van der Waals surface area contributed by atoms with Crippen molar-refractivity contribution in [2.45, 2.75) is 0 Å². The van der Waals surface area contributed by atoms with Crippen molar-refractivity contribution in [3.8, 4) is 89.4 Å². The molecule has 10 aromatic rings. The van der Waals surface area contributed by atoms with Crippen LogP contribution in [0.1, 0.15) is 0 Å². The number of hydrogen-bond donors (Lipinski definition) is 0. The summed E-state index contributed by atoms with van der Waals surface area (Å²) in [6, 6.07) is 81.8. The van der Waals surface area contributed by atoms with Crippen LogP contribution in [0.3, 0.4) is 0 Å². The third kappa shape index (κ3) is 7.11. The fraction of sp³-hybridized carbons (Fsp3) is 0. The second-order valence-electron chi connectivity index (χ2n) is 14.6. The fourth-order valence-electron chi connectivity index (χ4n) is 7.79. The molecule has 2 heteroatoms. The topological polar surface area (TPSA) is 25.8 Å². The lowest BCUT2D eigenvalue weighted by molar-refractivity contribution is 1.32. The van der Waals surface area contributed by atoms with Gasteiger partial charge in [0.1, 0.15) is 0 Å². The molecule has 2 heterocycles. The van der Waals surface area contributed by atoms with Gasteiger partial charge in [-0.3, -0.25) is 0 Å². The highest BCUT2D eigenvalue weighted by molar-refractivity contribution is 5.99. The first-order valence-corrected chi connectivity index (χ1v) is 19.7. The van der Waals surface area contributed by atoms with Crippen molar-refractivity contribution < 1.29 is 0 Å². The number of rotatable bonds is 8. The maximum atomic E-state index is 5.26. The molecular formula is C56H38N2. The Kier molecular flexibility index (Phi) is 9.27. The highest BCUT2D eigenvalue weighted by atomic mass is 14.7. The Morgan fingerprint density at radius 1 is 0.207 bits per heavy atom. The van der Waals surface area contributed by atoms with Crippen LogP contribution in [-0.2, 0) is 0 Å². The van der Waals surface area contributed by atoms with E-state index in [-0.39, 0.29) is 0 Å². The van der Waals surface area contributed by atoms with Gasteiger partial charge in [0.15, 0.2) is 0 Å². The van der Waals surface area contributed by atoms with E-state index in [1.165, 1.54) is 27.8 Å². The van der Waals surface area contributed by atoms with E-state index in [2.05, 4.69) is 218 Å². The van der Waals surface area contributed by atoms with E-state index in [4.69, 9.17) is 9.97 Å². The summed E-state index contributed by atoms with van der Waals surface area (Å²) >= 11 is 0. The van der Waals surface area contributed by atoms with E-state index in [0.717, 1.165) is 72.5 Å². The van der Waals surface area contributed by atoms with E-state index in [9.17, 15) is 0 Å². The number of fused-ring (bicyclic) bond motifs is 1. The van der Waals surface area contributed by atoms with Gasteiger partial charge in [-0.1, -0.05) is 200 Å². The summed E-state index contributed by atoms with van der Waals surface area (Å²) in [5.41, 5.74) is 18.8. The Morgan fingerprint density at radius 2 is 0.534 bits per heavy atom. The van der Waals surface area contributed by atoms with Crippen molar-refractivity contribution in [1.82, 2.24) is 9.97 Å². The first-order valence-electron chi connectivity index (χ1n) is 19.7. The van der Waals surface area contributed by atoms with Crippen LogP contribution < -0.4 is 0 Å². The second-order valence-corrected chi connectivity index (χ2v) is 14.6. The van der Waals surface area contributed by atoms with Crippen LogP contribution in [0.15, 0.2) is 231 Å². The average molecular weight is 739 g/mol. The Balaban J connectivity index is 1.07. The molecule has 8 aromatic carbocycles. The minimum atomic E-state index is 0.945. The molecule has 0 N–H and O–H groups in total. The normalized spacial score (nSPS) is 11.1. The van der Waals surface area contributed by atoms with Crippen molar-refractivity contribution in [3.63, 3.8) is 0 Å². The van der Waals surface area contributed by atoms with Gasteiger partial charge in [-0.15, -0.1) is 0 Å². The summed E-state index contributed by atoms with van der Waals surface area (Å²) in [5, 5.41) is 1.11. The largest absolute Gasteiger partial charge is 0.248 e. The van der Waals surface area contributed by atoms with Crippen molar-refractivity contribution >= 4 is 10.9 Å². The summed E-state index contributed by atoms with van der Waals surface area (Å²) in [6.07, 6.45) is 0. The molecule has 0 aliphatic rings. The highest BCUT2D eigenvalue weighted by Gasteiger charge is 2.14. The highest BCUT2D eigenvalue weighted by Crippen LogP contribution is 2.38. The molecule has 0 atom stereocenters. The van der Waals surface area contributed by atoms with Gasteiger partial charge in [-0.25, -0.2) is 9.97 Å². The molecule has 2 nitrogen and oxygen atoms in total. The van der Waals surface area contributed by atoms with E-state index in [1.54, 1.807) is 0 Å². The summed E-state index contributed by atoms with van der Waals surface area (Å²) in [6.45, 7) is 0. The lowest BCUT2D eigenvalue weighted by Gasteiger charge is -2.14. The molecule has 2 aromatic heterocycles. The molecule has 0 radical (unpaired) electrons. The Labute approximate surface area is 339 Å². The fourth-order valence-corrected chi connectivity index (χ4v) is 7.79. The van der Waals surface area contributed by atoms with Crippen LogP contribution in [0.2, 0.25) is 0 Å². The van der Waals surface area contributed by atoms with Gasteiger partial charge in [-0.05, 0) is 86.0 Å². The Morgan fingerprint density at radius 3 is 1.02 bits per heavy atom. The van der Waals surface area contributed by atoms with Crippen LogP contribution in [0.4, 0.5) is 0 Å². The van der Waals surface area contributed by atoms with E-state index in [0.29, 0.717) is 0 Å². The van der Waals surface area contributed by atoms with E-state index in [1.807, 2.05) is 12.1 Å². The van der Waals surface area contributed by atoms with Gasteiger partial charge in [0, 0.05) is 22.1 Å². The molecule has 10 rings (SSSR count). The van der Waals surface area contributed by atoms with Crippen molar-refractivity contribution in [1.29, 1.82) is 0 Å². The van der Waals surface area contributed by atoms with Crippen molar-refractivity contribution in [2.75, 3.05) is 0 Å². The average Bonchev–Trinajstić information content (AvgIpc) is 3.32. The number of benzene rings is 8. The SMILES string of the molecule is c1ccc(-c2ccc(-c3ccc4nc(-c5ccc(-c6ccccc6)cc5)cc(-c5ccc(-c6cc(-c7ccccc7)nc(-c7ccccc7)c6)cc5)c4c3)cc2)cc1. The van der Waals surface area contributed by atoms with Gasteiger partial charge in [0.2, 0.25) is 0 Å². The van der Waals surface area contributed by atoms with Crippen LogP contribution in [-0.4, -0.2) is 9.97 Å². The Bertz CT molecular complexity index is 2920. The molecule has 0 bridgehead atoms. The van der Waals surface area contributed by atoms with Crippen LogP contribution in [0.25, 0.3) is 100 Å². The summed E-state index contributed by atoms with van der Waals surface area (Å²) in [5.74, 6) is 0. The molecule has 0 saturated heterocycles. The standard InChI is InChI=1S/C56H38N2/c1-5-13-39(14-6-1)41-21-23-43(24-22-41)49-33-34-53-52(35-49)51(38-56(57-53)48-31-27-42(28-32-48)40-15-7-2-8-16-40)45-29-25-44(26-30-45)50-36-54(46-17-9-3-10-18-46)58-55(37-50)47-19-11-4-12-20-47/h1-38H. The van der Waals surface area contributed by atoms with Crippen molar-refractivity contribution in [3.05, 3.63) is 231 Å². The van der Waals surface area contributed by atoms with Gasteiger partial charge in [0.25, 0.3) is 0 Å². The van der Waals surface area contributed by atoms with Gasteiger partial charge in [-0.2, -0.15) is 0 Å². The molecule has 0 aliphatic carbocycles. The molecule has 0 saturated carbocycles. The van der Waals surface area contributed by atoms with Crippen LogP contribution >= 0.6 is 0 Å². The number of aromatic nitrogens is 2. The number of hydrogen-bond acceptors (Lipinski definition) is 2. The van der Waals surface area contributed by atoms with E-state index < -0.39 is 0 Å². The summed E-state index contributed by atoms with van der Waals surface area (Å²) in [4.78, 5) is 10.4. The zero-order valence-electron chi connectivity index (χ0n) is 31.8. The molecule has 0 aliphatic heterocycles. The molecule has 0 fully saturated rings. The minimum Gasteiger partial charge on any atom is -0.248 e. The zero-order chi connectivity index (χ0) is 38.7. The lowest BCUT2D eigenvalue weighted by Crippen LogP contribution is -1.92. The monoisotopic (exact) mass is 738 g/mol. The number of nitrogens with zero attached hydrogens (tertiary/aromatic N) is 2. The van der Waals surface area contributed by atoms with Gasteiger partial charge in [0.05, 0.1) is 22.6 Å². The molecule has 0 spiro atoms. The number of pyridine rings is 2. The molecule has 58 heavy (non-hydrogen) atoms. The zero-order valence-corrected chi connectivity index (χ0v) is 31.8. The third-order valence-corrected chi connectivity index (χ3v) is 10.9. The van der Waals surface area contributed by atoms with Gasteiger partial charge >= 0.3 is 0 Å². The maximum Gasteiger partial charge on any atom is 0.0716 e. The Hall–Kier alpha value is -7.68. The van der Waals surface area contributed by atoms with Crippen LogP contribution in [0, 0.1) is 0 Å². The molecule has 0 unspecified atom stereocenters. The second kappa shape index (κ2) is 15.5. The molecule has 0 amide bonds. The van der Waals surface area contributed by atoms with Gasteiger partial charge < -0.3 is 0 Å². The first kappa shape index (κ1) is 34.8. The summed E-state index contributed by atoms with van der Waals surface area (Å²) in [7, 11) is 0. The predicted octanol–water partition coefficient (Wildman–Crippen LogP) is 15.0. The maximum absolute atomic E-state index is 5.26. The predicted molar refractivity (Wildman–Crippen MR) is 243 cm³/mol. The molecule has 272 valence electrons. The van der Waals surface area contributed by atoms with E-state index >= 15 is 0 Å².